The van der Waals surface area contributed by atoms with Gasteiger partial charge < -0.3 is 5.32 Å². The molecule has 20 heavy (non-hydrogen) atoms. The average molecular weight is 297 g/mol. The zero-order valence-corrected chi connectivity index (χ0v) is 13.5. The van der Waals surface area contributed by atoms with E-state index < -0.39 is 10.0 Å². The molecule has 0 unspecified atom stereocenters. The van der Waals surface area contributed by atoms with Crippen LogP contribution in [0.2, 0.25) is 0 Å². The van der Waals surface area contributed by atoms with Crippen molar-refractivity contribution in [3.63, 3.8) is 0 Å². The number of sulfonamides is 1. The molecule has 0 saturated heterocycles. The van der Waals surface area contributed by atoms with Crippen LogP contribution in [0.4, 0.5) is 5.69 Å². The third kappa shape index (κ3) is 2.31. The van der Waals surface area contributed by atoms with Gasteiger partial charge in [0.05, 0.1) is 5.69 Å². The molecule has 0 spiro atoms. The first-order valence-corrected chi connectivity index (χ1v) is 8.24. The number of hydrogen-bond donors (Lipinski definition) is 2. The van der Waals surface area contributed by atoms with E-state index in [4.69, 9.17) is 0 Å². The Morgan fingerprint density at radius 1 is 1.25 bits per heavy atom. The maximum atomic E-state index is 12.4. The number of nitrogens with one attached hydrogen (secondary N) is 2. The number of nitrogens with zero attached hydrogens (tertiary/aromatic N) is 1. The standard InChI is InChI=1S/C14H23N3O2S/c1-13(2)12(14(13,3)4)9-17-20(18,19)11-8-16-7-6-10(11)15-5/h6-8,12,17H,9H2,1-5H3,(H,15,16). The first-order chi connectivity index (χ1) is 9.14. The molecule has 1 fully saturated rings. The van der Waals surface area contributed by atoms with Crippen LogP contribution in [0.25, 0.3) is 0 Å². The Bertz CT molecular complexity index is 595. The normalized spacial score (nSPS) is 20.6. The highest BCUT2D eigenvalue weighted by molar-refractivity contribution is 7.89. The summed E-state index contributed by atoms with van der Waals surface area (Å²) in [6.07, 6.45) is 2.94. The van der Waals surface area contributed by atoms with E-state index in [-0.39, 0.29) is 15.7 Å². The van der Waals surface area contributed by atoms with Crippen molar-refractivity contribution in [2.45, 2.75) is 32.6 Å². The van der Waals surface area contributed by atoms with Crippen LogP contribution in [0.5, 0.6) is 0 Å². The largest absolute Gasteiger partial charge is 0.387 e. The molecule has 6 heteroatoms. The molecule has 2 rings (SSSR count). The first kappa shape index (κ1) is 15.3. The Kier molecular flexibility index (Phi) is 3.59. The van der Waals surface area contributed by atoms with Crippen molar-refractivity contribution in [3.8, 4) is 0 Å². The van der Waals surface area contributed by atoms with Gasteiger partial charge in [-0.3, -0.25) is 4.98 Å². The Hall–Kier alpha value is -1.14. The number of anilines is 1. The van der Waals surface area contributed by atoms with Crippen LogP contribution >= 0.6 is 0 Å². The van der Waals surface area contributed by atoms with Crippen molar-refractivity contribution in [1.82, 2.24) is 9.71 Å². The molecule has 1 aromatic rings. The molecule has 1 aliphatic rings. The predicted molar refractivity (Wildman–Crippen MR) is 80.0 cm³/mol. The van der Waals surface area contributed by atoms with Gasteiger partial charge in [-0.05, 0) is 22.8 Å². The van der Waals surface area contributed by atoms with E-state index in [2.05, 4.69) is 42.7 Å². The van der Waals surface area contributed by atoms with Crippen LogP contribution in [0.1, 0.15) is 27.7 Å². The second-order valence-electron chi connectivity index (χ2n) is 6.47. The molecule has 1 aliphatic carbocycles. The van der Waals surface area contributed by atoms with Crippen LogP contribution in [0, 0.1) is 16.7 Å². The van der Waals surface area contributed by atoms with Crippen molar-refractivity contribution in [2.24, 2.45) is 16.7 Å². The van der Waals surface area contributed by atoms with Gasteiger partial charge in [0.2, 0.25) is 10.0 Å². The third-order valence-electron chi connectivity index (χ3n) is 5.14. The SMILES string of the molecule is CNc1ccncc1S(=O)(=O)NCC1C(C)(C)C1(C)C. The molecule has 0 radical (unpaired) electrons. The summed E-state index contributed by atoms with van der Waals surface area (Å²) in [7, 11) is -1.84. The Morgan fingerprint density at radius 2 is 1.85 bits per heavy atom. The first-order valence-electron chi connectivity index (χ1n) is 6.76. The second-order valence-corrected chi connectivity index (χ2v) is 8.21. The van der Waals surface area contributed by atoms with Gasteiger partial charge in [-0.15, -0.1) is 0 Å². The van der Waals surface area contributed by atoms with E-state index in [1.807, 2.05) is 0 Å². The number of pyridine rings is 1. The van der Waals surface area contributed by atoms with Gasteiger partial charge in [0, 0.05) is 26.0 Å². The van der Waals surface area contributed by atoms with Crippen molar-refractivity contribution in [2.75, 3.05) is 18.9 Å². The van der Waals surface area contributed by atoms with E-state index in [0.29, 0.717) is 18.2 Å². The summed E-state index contributed by atoms with van der Waals surface area (Å²) in [5, 5.41) is 2.88. The molecule has 0 atom stereocenters. The Morgan fingerprint density at radius 3 is 2.35 bits per heavy atom. The maximum absolute atomic E-state index is 12.4. The molecule has 112 valence electrons. The molecular weight excluding hydrogens is 274 g/mol. The van der Waals surface area contributed by atoms with E-state index in [1.165, 1.54) is 6.20 Å². The van der Waals surface area contributed by atoms with Gasteiger partial charge in [0.1, 0.15) is 4.90 Å². The topological polar surface area (TPSA) is 71.1 Å². The van der Waals surface area contributed by atoms with Gasteiger partial charge in [0.15, 0.2) is 0 Å². The molecule has 0 bridgehead atoms. The summed E-state index contributed by atoms with van der Waals surface area (Å²) < 4.78 is 27.5. The summed E-state index contributed by atoms with van der Waals surface area (Å²) in [5.74, 6) is 0.347. The minimum Gasteiger partial charge on any atom is -0.387 e. The summed E-state index contributed by atoms with van der Waals surface area (Å²) in [5.41, 5.74) is 0.883. The van der Waals surface area contributed by atoms with Gasteiger partial charge in [-0.25, -0.2) is 13.1 Å². The highest BCUT2D eigenvalue weighted by atomic mass is 32.2. The minimum absolute atomic E-state index is 0.163. The molecular formula is C14H23N3O2S. The molecule has 0 amide bonds. The van der Waals surface area contributed by atoms with Crippen LogP contribution in [-0.4, -0.2) is 27.0 Å². The van der Waals surface area contributed by atoms with Crippen molar-refractivity contribution < 1.29 is 8.42 Å². The van der Waals surface area contributed by atoms with Crippen molar-refractivity contribution >= 4 is 15.7 Å². The Balaban J connectivity index is 2.14. The zero-order valence-electron chi connectivity index (χ0n) is 12.7. The average Bonchev–Trinajstić information content (AvgIpc) is 2.77. The van der Waals surface area contributed by atoms with Crippen LogP contribution in [0.3, 0.4) is 0 Å². The van der Waals surface area contributed by atoms with Crippen LogP contribution in [-0.2, 0) is 10.0 Å². The fourth-order valence-electron chi connectivity index (χ4n) is 2.91. The maximum Gasteiger partial charge on any atom is 0.244 e. The highest BCUT2D eigenvalue weighted by Crippen LogP contribution is 2.67. The van der Waals surface area contributed by atoms with E-state index in [1.54, 1.807) is 19.3 Å². The molecule has 5 nitrogen and oxygen atoms in total. The molecule has 2 N–H and O–H groups in total. The van der Waals surface area contributed by atoms with Crippen molar-refractivity contribution in [3.05, 3.63) is 18.5 Å². The lowest BCUT2D eigenvalue weighted by Gasteiger charge is -2.11. The monoisotopic (exact) mass is 297 g/mol. The summed E-state index contributed by atoms with van der Waals surface area (Å²) in [6, 6.07) is 1.65. The number of hydrogen-bond acceptors (Lipinski definition) is 4. The summed E-state index contributed by atoms with van der Waals surface area (Å²) >= 11 is 0. The van der Waals surface area contributed by atoms with Gasteiger partial charge in [0.25, 0.3) is 0 Å². The summed E-state index contributed by atoms with van der Waals surface area (Å²) in [4.78, 5) is 4.09. The van der Waals surface area contributed by atoms with Crippen LogP contribution < -0.4 is 10.0 Å². The second kappa shape index (κ2) is 4.70. The highest BCUT2D eigenvalue weighted by Gasteiger charge is 2.64. The Labute approximate surface area is 121 Å². The van der Waals surface area contributed by atoms with Crippen molar-refractivity contribution in [1.29, 1.82) is 0 Å². The molecule has 1 saturated carbocycles. The predicted octanol–water partition coefficient (Wildman–Crippen LogP) is 2.08. The van der Waals surface area contributed by atoms with E-state index >= 15 is 0 Å². The van der Waals surface area contributed by atoms with Gasteiger partial charge in [-0.2, -0.15) is 0 Å². The number of aromatic nitrogens is 1. The van der Waals surface area contributed by atoms with E-state index in [0.717, 1.165) is 0 Å². The lowest BCUT2D eigenvalue weighted by atomic mass is 10.0. The molecule has 0 aliphatic heterocycles. The minimum atomic E-state index is -3.53. The fourth-order valence-corrected chi connectivity index (χ4v) is 4.12. The summed E-state index contributed by atoms with van der Waals surface area (Å²) in [6.45, 7) is 9.16. The van der Waals surface area contributed by atoms with Gasteiger partial charge in [-0.1, -0.05) is 27.7 Å². The number of rotatable bonds is 5. The smallest absolute Gasteiger partial charge is 0.244 e. The molecule has 1 heterocycles. The molecule has 1 aromatic heterocycles. The van der Waals surface area contributed by atoms with E-state index in [9.17, 15) is 8.42 Å². The van der Waals surface area contributed by atoms with Gasteiger partial charge >= 0.3 is 0 Å². The lowest BCUT2D eigenvalue weighted by molar-refractivity contribution is 0.457. The third-order valence-corrected chi connectivity index (χ3v) is 6.59. The quantitative estimate of drug-likeness (QED) is 0.873. The molecule has 0 aromatic carbocycles. The zero-order chi connectivity index (χ0) is 15.2. The van der Waals surface area contributed by atoms with Crippen LogP contribution in [0.15, 0.2) is 23.4 Å². The lowest BCUT2D eigenvalue weighted by Crippen LogP contribution is -2.28. The fraction of sp³-hybridized carbons (Fsp3) is 0.643.